The number of halogens is 1. The van der Waals surface area contributed by atoms with Crippen LogP contribution < -0.4 is 10.6 Å². The Balaban J connectivity index is 2.10. The van der Waals surface area contributed by atoms with E-state index in [4.69, 9.17) is 23.8 Å². The molecule has 18 heavy (non-hydrogen) atoms. The van der Waals surface area contributed by atoms with Crippen LogP contribution in [0.3, 0.4) is 0 Å². The number of urea groups is 1. The maximum absolute atomic E-state index is 12.1. The molecule has 1 saturated heterocycles. The third kappa shape index (κ3) is 2.73. The van der Waals surface area contributed by atoms with E-state index in [0.29, 0.717) is 22.4 Å². The van der Waals surface area contributed by atoms with E-state index in [9.17, 15) is 4.79 Å². The fraction of sp³-hybridized carbons (Fsp3) is 0.333. The summed E-state index contributed by atoms with van der Waals surface area (Å²) in [6.45, 7) is 4.51. The van der Waals surface area contributed by atoms with Gasteiger partial charge in [0, 0.05) is 0 Å². The van der Waals surface area contributed by atoms with Gasteiger partial charge in [-0.1, -0.05) is 23.7 Å². The lowest BCUT2D eigenvalue weighted by Crippen LogP contribution is -2.37. The molecule has 0 aromatic heterocycles. The summed E-state index contributed by atoms with van der Waals surface area (Å²) in [6.07, 6.45) is 0. The first kappa shape index (κ1) is 13.1. The van der Waals surface area contributed by atoms with Crippen LogP contribution in [0.5, 0.6) is 0 Å². The average molecular weight is 284 g/mol. The molecule has 1 aliphatic rings. The van der Waals surface area contributed by atoms with Crippen LogP contribution in [0.1, 0.15) is 13.8 Å². The number of nitrogens with one attached hydrogen (secondary N) is 2. The second-order valence-corrected chi connectivity index (χ2v) is 5.60. The zero-order chi connectivity index (χ0) is 13.3. The Morgan fingerprint density at radius 3 is 2.72 bits per heavy atom. The molecular weight excluding hydrogens is 270 g/mol. The largest absolute Gasteiger partial charge is 0.355 e. The topological polar surface area (TPSA) is 44.4 Å². The number of thiocarbonyl (C=S) groups is 1. The van der Waals surface area contributed by atoms with E-state index in [-0.39, 0.29) is 11.6 Å². The lowest BCUT2D eigenvalue weighted by atomic mass is 10.1. The van der Waals surface area contributed by atoms with E-state index in [1.54, 1.807) is 12.1 Å². The van der Waals surface area contributed by atoms with Crippen LogP contribution >= 0.6 is 23.8 Å². The maximum atomic E-state index is 12.1. The number of hydrogen-bond acceptors (Lipinski definition) is 2. The molecule has 2 N–H and O–H groups in total. The van der Waals surface area contributed by atoms with Gasteiger partial charge >= 0.3 is 6.03 Å². The fourth-order valence-electron chi connectivity index (χ4n) is 1.77. The van der Waals surface area contributed by atoms with Gasteiger partial charge in [0.1, 0.15) is 0 Å². The second kappa shape index (κ2) is 4.74. The summed E-state index contributed by atoms with van der Waals surface area (Å²) < 4.78 is 0. The third-order valence-corrected chi connectivity index (χ3v) is 3.26. The molecule has 1 aliphatic heterocycles. The SMILES string of the molecule is CC1(C)CN(C(=O)Nc2ccccc2Cl)C(=S)N1. The molecule has 6 heteroatoms. The van der Waals surface area contributed by atoms with Crippen molar-refractivity contribution < 1.29 is 4.79 Å². The van der Waals surface area contributed by atoms with Gasteiger partial charge < -0.3 is 10.6 Å². The van der Waals surface area contributed by atoms with Crippen molar-refractivity contribution in [2.24, 2.45) is 0 Å². The van der Waals surface area contributed by atoms with Crippen LogP contribution in [0.25, 0.3) is 0 Å². The quantitative estimate of drug-likeness (QED) is 0.779. The van der Waals surface area contributed by atoms with E-state index in [2.05, 4.69) is 10.6 Å². The highest BCUT2D eigenvalue weighted by atomic mass is 35.5. The Labute approximate surface area is 116 Å². The van der Waals surface area contributed by atoms with Gasteiger partial charge in [0.05, 0.1) is 22.8 Å². The van der Waals surface area contributed by atoms with Crippen molar-refractivity contribution in [3.8, 4) is 0 Å². The second-order valence-electron chi connectivity index (χ2n) is 4.81. The first-order valence-electron chi connectivity index (χ1n) is 5.54. The van der Waals surface area contributed by atoms with Crippen molar-refractivity contribution in [2.45, 2.75) is 19.4 Å². The van der Waals surface area contributed by atoms with Crippen LogP contribution in [0, 0.1) is 0 Å². The summed E-state index contributed by atoms with van der Waals surface area (Å²) in [5, 5.41) is 6.77. The van der Waals surface area contributed by atoms with E-state index >= 15 is 0 Å². The minimum atomic E-state index is -0.272. The summed E-state index contributed by atoms with van der Waals surface area (Å²) in [7, 11) is 0. The molecule has 1 aromatic carbocycles. The van der Waals surface area contributed by atoms with Crippen molar-refractivity contribution in [3.63, 3.8) is 0 Å². The summed E-state index contributed by atoms with van der Waals surface area (Å²) >= 11 is 11.1. The van der Waals surface area contributed by atoms with E-state index in [0.717, 1.165) is 0 Å². The minimum absolute atomic E-state index is 0.199. The molecule has 0 aliphatic carbocycles. The van der Waals surface area contributed by atoms with Crippen LogP contribution in [0.2, 0.25) is 5.02 Å². The molecule has 0 radical (unpaired) electrons. The lowest BCUT2D eigenvalue weighted by molar-refractivity contribution is 0.233. The van der Waals surface area contributed by atoms with Gasteiger partial charge in [-0.15, -0.1) is 0 Å². The molecule has 0 spiro atoms. The van der Waals surface area contributed by atoms with Gasteiger partial charge in [0.2, 0.25) is 0 Å². The number of carbonyl (C=O) groups excluding carboxylic acids is 1. The van der Waals surface area contributed by atoms with Gasteiger partial charge in [0.25, 0.3) is 0 Å². The van der Waals surface area contributed by atoms with Crippen molar-refractivity contribution in [1.29, 1.82) is 0 Å². The molecule has 2 rings (SSSR count). The van der Waals surface area contributed by atoms with Crippen LogP contribution in [0.4, 0.5) is 10.5 Å². The molecule has 96 valence electrons. The minimum Gasteiger partial charge on any atom is -0.355 e. The number of amides is 2. The Hall–Kier alpha value is -1.33. The molecule has 2 amide bonds. The van der Waals surface area contributed by atoms with Crippen LogP contribution in [-0.4, -0.2) is 28.1 Å². The zero-order valence-electron chi connectivity index (χ0n) is 10.2. The highest BCUT2D eigenvalue weighted by Crippen LogP contribution is 2.22. The number of nitrogens with zero attached hydrogens (tertiary/aromatic N) is 1. The summed E-state index contributed by atoms with van der Waals surface area (Å²) in [5.74, 6) is 0. The number of benzene rings is 1. The van der Waals surface area contributed by atoms with Gasteiger partial charge in [0.15, 0.2) is 5.11 Å². The third-order valence-electron chi connectivity index (χ3n) is 2.60. The van der Waals surface area contributed by atoms with Crippen molar-refractivity contribution in [3.05, 3.63) is 29.3 Å². The normalized spacial score (nSPS) is 17.5. The first-order valence-corrected chi connectivity index (χ1v) is 6.33. The van der Waals surface area contributed by atoms with Crippen LogP contribution in [0.15, 0.2) is 24.3 Å². The molecule has 1 aromatic rings. The van der Waals surface area contributed by atoms with Crippen LogP contribution in [-0.2, 0) is 0 Å². The number of carbonyl (C=O) groups is 1. The van der Waals surface area contributed by atoms with Crippen molar-refractivity contribution >= 4 is 40.6 Å². The summed E-state index contributed by atoms with van der Waals surface area (Å²) in [4.78, 5) is 13.6. The van der Waals surface area contributed by atoms with Crippen molar-refractivity contribution in [2.75, 3.05) is 11.9 Å². The van der Waals surface area contributed by atoms with Gasteiger partial charge in [-0.2, -0.15) is 0 Å². The number of para-hydroxylation sites is 1. The highest BCUT2D eigenvalue weighted by Gasteiger charge is 2.35. The standard InChI is InChI=1S/C12H14ClN3OS/c1-12(2)7-16(11(18)15-12)10(17)14-9-6-4-3-5-8(9)13/h3-6H,7H2,1-2H3,(H,14,17)(H,15,18). The predicted molar refractivity (Wildman–Crippen MR) is 77.0 cm³/mol. The average Bonchev–Trinajstić information content (AvgIpc) is 2.55. The summed E-state index contributed by atoms with van der Waals surface area (Å²) in [5.41, 5.74) is 0.381. The predicted octanol–water partition coefficient (Wildman–Crippen LogP) is 2.84. The van der Waals surface area contributed by atoms with Crippen molar-refractivity contribution in [1.82, 2.24) is 10.2 Å². The first-order chi connectivity index (χ1) is 8.39. The molecule has 0 atom stereocenters. The Bertz CT molecular complexity index is 504. The van der Waals surface area contributed by atoms with Gasteiger partial charge in [-0.25, -0.2) is 4.79 Å². The Morgan fingerprint density at radius 2 is 2.17 bits per heavy atom. The molecule has 0 bridgehead atoms. The zero-order valence-corrected chi connectivity index (χ0v) is 11.7. The maximum Gasteiger partial charge on any atom is 0.328 e. The molecule has 0 saturated carbocycles. The van der Waals surface area contributed by atoms with Gasteiger partial charge in [-0.3, -0.25) is 4.90 Å². The van der Waals surface area contributed by atoms with E-state index in [1.807, 2.05) is 26.0 Å². The smallest absolute Gasteiger partial charge is 0.328 e. The lowest BCUT2D eigenvalue weighted by Gasteiger charge is -2.18. The molecule has 0 unspecified atom stereocenters. The number of anilines is 1. The molecule has 1 fully saturated rings. The van der Waals surface area contributed by atoms with E-state index < -0.39 is 0 Å². The summed E-state index contributed by atoms with van der Waals surface area (Å²) in [6, 6.07) is 6.82. The monoisotopic (exact) mass is 283 g/mol. The molecule has 1 heterocycles. The highest BCUT2D eigenvalue weighted by molar-refractivity contribution is 7.80. The number of hydrogen-bond donors (Lipinski definition) is 2. The Morgan fingerprint density at radius 1 is 1.50 bits per heavy atom. The number of rotatable bonds is 1. The molecule has 4 nitrogen and oxygen atoms in total. The Kier molecular flexibility index (Phi) is 3.45. The van der Waals surface area contributed by atoms with E-state index in [1.165, 1.54) is 4.90 Å². The fourth-order valence-corrected chi connectivity index (χ4v) is 2.38. The molecular formula is C12H14ClN3OS. The van der Waals surface area contributed by atoms with Gasteiger partial charge in [-0.05, 0) is 38.2 Å².